The van der Waals surface area contributed by atoms with Crippen molar-refractivity contribution in [1.29, 1.82) is 0 Å². The number of hydrogen-bond donors (Lipinski definition) is 1. The number of hydrogen-bond acceptors (Lipinski definition) is 6. The second-order valence-electron chi connectivity index (χ2n) is 10.4. The average Bonchev–Trinajstić information content (AvgIpc) is 2.69. The maximum Gasteiger partial charge on any atom is 0.408 e. The van der Waals surface area contributed by atoms with Gasteiger partial charge in [-0.3, -0.25) is 4.79 Å². The van der Waals surface area contributed by atoms with Gasteiger partial charge in [-0.15, -0.1) is 0 Å². The van der Waals surface area contributed by atoms with Crippen LogP contribution in [0.3, 0.4) is 0 Å². The molecule has 0 saturated heterocycles. The van der Waals surface area contributed by atoms with Crippen molar-refractivity contribution in [3.63, 3.8) is 0 Å². The molecule has 1 amide bonds. The van der Waals surface area contributed by atoms with E-state index < -0.39 is 31.8 Å². The lowest BCUT2D eigenvalue weighted by Crippen LogP contribution is -2.44. The Kier molecular flexibility index (Phi) is 12.2. The number of amides is 1. The van der Waals surface area contributed by atoms with Gasteiger partial charge in [-0.2, -0.15) is 0 Å². The van der Waals surface area contributed by atoms with Crippen LogP contribution in [0.4, 0.5) is 4.79 Å². The summed E-state index contributed by atoms with van der Waals surface area (Å²) in [6, 6.07) is 9.64. The average molecular weight is 480 g/mol. The Morgan fingerprint density at radius 2 is 1.64 bits per heavy atom. The van der Waals surface area contributed by atoms with Gasteiger partial charge in [0, 0.05) is 14.5 Å². The predicted octanol–water partition coefficient (Wildman–Crippen LogP) is 5.46. The van der Waals surface area contributed by atoms with E-state index in [9.17, 15) is 14.4 Å². The summed E-state index contributed by atoms with van der Waals surface area (Å²) in [6.07, 6.45) is 2.14. The molecule has 33 heavy (non-hydrogen) atoms. The Bertz CT molecular complexity index is 740. The lowest BCUT2D eigenvalue weighted by molar-refractivity contribution is -0.146. The van der Waals surface area contributed by atoms with E-state index in [4.69, 9.17) is 14.2 Å². The number of esters is 2. The van der Waals surface area contributed by atoms with Gasteiger partial charge in [-0.05, 0) is 45.2 Å². The summed E-state index contributed by atoms with van der Waals surface area (Å²) in [7, 11) is -1.33. The number of rotatable bonds is 13. The second-order valence-corrected chi connectivity index (χ2v) is 16.0. The van der Waals surface area contributed by atoms with Crippen molar-refractivity contribution in [3.8, 4) is 0 Å². The molecule has 0 radical (unpaired) electrons. The van der Waals surface area contributed by atoms with Crippen LogP contribution in [-0.2, 0) is 30.4 Å². The highest BCUT2D eigenvalue weighted by atomic mass is 28.3. The number of ether oxygens (including phenoxy) is 3. The first-order chi connectivity index (χ1) is 15.4. The third-order valence-electron chi connectivity index (χ3n) is 4.69. The van der Waals surface area contributed by atoms with Gasteiger partial charge in [-0.1, -0.05) is 62.8 Å². The van der Waals surface area contributed by atoms with Gasteiger partial charge >= 0.3 is 18.0 Å². The van der Waals surface area contributed by atoms with Crippen molar-refractivity contribution in [2.24, 2.45) is 0 Å². The highest BCUT2D eigenvalue weighted by Gasteiger charge is 2.26. The molecule has 8 heteroatoms. The third kappa shape index (κ3) is 15.2. The van der Waals surface area contributed by atoms with Gasteiger partial charge in [0.25, 0.3) is 0 Å². The molecule has 7 nitrogen and oxygen atoms in total. The normalized spacial score (nSPS) is 12.5. The summed E-state index contributed by atoms with van der Waals surface area (Å²) in [6.45, 7) is 12.6. The third-order valence-corrected chi connectivity index (χ3v) is 6.39. The van der Waals surface area contributed by atoms with Gasteiger partial charge in [0.05, 0.1) is 6.61 Å². The van der Waals surface area contributed by atoms with E-state index in [0.717, 1.165) is 18.0 Å². The molecule has 0 heterocycles. The maximum absolute atomic E-state index is 12.6. The first kappa shape index (κ1) is 28.7. The monoisotopic (exact) mass is 479 g/mol. The van der Waals surface area contributed by atoms with Crippen LogP contribution in [0.25, 0.3) is 0 Å². The Labute approximate surface area is 199 Å². The number of nitrogens with one attached hydrogen (secondary N) is 1. The van der Waals surface area contributed by atoms with Gasteiger partial charge in [-0.25, -0.2) is 9.59 Å². The van der Waals surface area contributed by atoms with Crippen molar-refractivity contribution in [2.75, 3.05) is 6.61 Å². The van der Waals surface area contributed by atoms with Crippen LogP contribution in [0, 0.1) is 0 Å². The van der Waals surface area contributed by atoms with Crippen molar-refractivity contribution >= 4 is 26.1 Å². The van der Waals surface area contributed by atoms with Crippen LogP contribution in [0.15, 0.2) is 30.3 Å². The summed E-state index contributed by atoms with van der Waals surface area (Å²) < 4.78 is 16.0. The Morgan fingerprint density at radius 3 is 2.24 bits per heavy atom. The zero-order chi connectivity index (χ0) is 24.9. The second kappa shape index (κ2) is 14.0. The molecule has 0 unspecified atom stereocenters. The first-order valence-corrected chi connectivity index (χ1v) is 15.4. The van der Waals surface area contributed by atoms with Crippen LogP contribution in [-0.4, -0.2) is 44.4 Å². The molecular weight excluding hydrogens is 438 g/mol. The molecule has 0 aliphatic rings. The summed E-state index contributed by atoms with van der Waals surface area (Å²) in [5, 5.41) is 2.64. The molecule has 0 fully saturated rings. The molecule has 1 aromatic carbocycles. The lowest BCUT2D eigenvalue weighted by Gasteiger charge is -2.23. The quantitative estimate of drug-likeness (QED) is 0.175. The van der Waals surface area contributed by atoms with Crippen LogP contribution in [0.1, 0.15) is 58.4 Å². The van der Waals surface area contributed by atoms with Gasteiger partial charge < -0.3 is 19.5 Å². The van der Waals surface area contributed by atoms with E-state index in [1.807, 2.05) is 30.3 Å². The molecule has 0 aliphatic carbocycles. The highest BCUT2D eigenvalue weighted by Crippen LogP contribution is 2.13. The van der Waals surface area contributed by atoms with E-state index in [-0.39, 0.29) is 12.6 Å². The fourth-order valence-electron chi connectivity index (χ4n) is 2.86. The van der Waals surface area contributed by atoms with Crippen molar-refractivity contribution in [1.82, 2.24) is 5.32 Å². The number of unbranched alkanes of at least 4 members (excludes halogenated alkanes) is 2. The van der Waals surface area contributed by atoms with Gasteiger partial charge in [0.1, 0.15) is 18.2 Å². The number of carbonyl (C=O) groups excluding carboxylic acids is 3. The summed E-state index contributed by atoms with van der Waals surface area (Å²) in [5.74, 6) is -0.686. The van der Waals surface area contributed by atoms with E-state index in [1.54, 1.807) is 20.8 Å². The van der Waals surface area contributed by atoms with E-state index in [0.29, 0.717) is 32.3 Å². The molecular formula is C25H41NO6Si. The molecule has 1 rings (SSSR count). The predicted molar refractivity (Wildman–Crippen MR) is 132 cm³/mol. The smallest absolute Gasteiger partial charge is 0.408 e. The highest BCUT2D eigenvalue weighted by molar-refractivity contribution is 6.76. The minimum atomic E-state index is -1.33. The largest absolute Gasteiger partial charge is 0.464 e. The van der Waals surface area contributed by atoms with E-state index in [2.05, 4.69) is 25.0 Å². The minimum Gasteiger partial charge on any atom is -0.464 e. The van der Waals surface area contributed by atoms with Crippen LogP contribution < -0.4 is 5.32 Å². The zero-order valence-corrected chi connectivity index (χ0v) is 22.1. The Morgan fingerprint density at radius 1 is 0.970 bits per heavy atom. The Balaban J connectivity index is 2.42. The van der Waals surface area contributed by atoms with Crippen molar-refractivity contribution in [3.05, 3.63) is 35.9 Å². The molecule has 1 N–H and O–H groups in total. The first-order valence-electron chi connectivity index (χ1n) is 11.7. The summed E-state index contributed by atoms with van der Waals surface area (Å²) in [4.78, 5) is 36.7. The number of alkyl carbamates (subject to hydrolysis) is 1. The zero-order valence-electron chi connectivity index (χ0n) is 21.1. The topological polar surface area (TPSA) is 90.9 Å². The molecule has 0 aliphatic heterocycles. The molecule has 0 bridgehead atoms. The number of carbonyl (C=O) groups is 3. The molecule has 0 spiro atoms. The van der Waals surface area contributed by atoms with Crippen LogP contribution in [0.2, 0.25) is 25.7 Å². The molecule has 1 aromatic rings. The SMILES string of the molecule is CC(C)(C)OC(=O)N[C@@H](CCCCCC(=O)OCc1ccccc1)C(=O)OCC[Si](C)(C)C. The molecule has 1 atom stereocenters. The standard InChI is InChI=1S/C25H41NO6Si/c1-25(2,3)32-24(29)26-21(23(28)30-17-18-33(4,5)6)15-11-8-12-16-22(27)31-19-20-13-9-7-10-14-20/h7,9-10,13-14,21H,8,11-12,15-19H2,1-6H3,(H,26,29)/t21-/m0/s1. The summed E-state index contributed by atoms with van der Waals surface area (Å²) >= 11 is 0. The minimum absolute atomic E-state index is 0.243. The Hall–Kier alpha value is -2.35. The molecule has 0 aromatic heterocycles. The fraction of sp³-hybridized carbons (Fsp3) is 0.640. The van der Waals surface area contributed by atoms with Gasteiger partial charge in [0.2, 0.25) is 0 Å². The summed E-state index contributed by atoms with van der Waals surface area (Å²) in [5.41, 5.74) is 0.297. The van der Waals surface area contributed by atoms with E-state index in [1.165, 1.54) is 0 Å². The molecule has 186 valence electrons. The maximum atomic E-state index is 12.6. The van der Waals surface area contributed by atoms with E-state index >= 15 is 0 Å². The lowest BCUT2D eigenvalue weighted by atomic mass is 10.1. The van der Waals surface area contributed by atoms with Gasteiger partial charge in [0.15, 0.2) is 0 Å². The van der Waals surface area contributed by atoms with Crippen LogP contribution in [0.5, 0.6) is 0 Å². The molecule has 0 saturated carbocycles. The number of benzene rings is 1. The van der Waals surface area contributed by atoms with Crippen molar-refractivity contribution < 1.29 is 28.6 Å². The van der Waals surface area contributed by atoms with Crippen LogP contribution >= 0.6 is 0 Å². The fourth-order valence-corrected chi connectivity index (χ4v) is 3.58. The van der Waals surface area contributed by atoms with Crippen molar-refractivity contribution in [2.45, 2.75) is 96.8 Å².